The van der Waals surface area contributed by atoms with Crippen LogP contribution < -0.4 is 4.72 Å². The monoisotopic (exact) mass is 449 g/mol. The number of amides is 1. The zero-order valence-corrected chi connectivity index (χ0v) is 17.6. The molecule has 29 heavy (non-hydrogen) atoms. The van der Waals surface area contributed by atoms with Crippen molar-refractivity contribution in [1.29, 1.82) is 0 Å². The van der Waals surface area contributed by atoms with Crippen LogP contribution in [0.15, 0.2) is 77.7 Å². The summed E-state index contributed by atoms with van der Waals surface area (Å²) in [4.78, 5) is 12.4. The summed E-state index contributed by atoms with van der Waals surface area (Å²) in [5.74, 6) is 0. The highest BCUT2D eigenvalue weighted by Crippen LogP contribution is 2.28. The highest BCUT2D eigenvalue weighted by Gasteiger charge is 2.24. The van der Waals surface area contributed by atoms with Crippen molar-refractivity contribution in [3.8, 4) is 0 Å². The number of sulfonamides is 1. The molecule has 5 nitrogen and oxygen atoms in total. The van der Waals surface area contributed by atoms with E-state index in [1.165, 1.54) is 12.1 Å². The molecule has 0 heterocycles. The Hall–Kier alpha value is -2.54. The van der Waals surface area contributed by atoms with E-state index < -0.39 is 22.2 Å². The van der Waals surface area contributed by atoms with Crippen molar-refractivity contribution in [2.24, 2.45) is 0 Å². The smallest absolute Gasteiger partial charge is 0.422 e. The predicted molar refractivity (Wildman–Crippen MR) is 113 cm³/mol. The third-order valence-electron chi connectivity index (χ3n) is 4.12. The second kappa shape index (κ2) is 8.86. The molecule has 1 N–H and O–H groups in total. The standard InChI is InChI=1S/C21H17Cl2NO4S/c1-14-2-12-19(13-3-14)29(26,27)24-21(25)28-20(15-4-8-17(22)9-5-15)16-6-10-18(23)11-7-16/h2-13,20H,1H3,(H,24,25). The van der Waals surface area contributed by atoms with Crippen molar-refractivity contribution in [2.75, 3.05) is 0 Å². The Morgan fingerprint density at radius 2 is 1.28 bits per heavy atom. The third kappa shape index (κ3) is 5.50. The van der Waals surface area contributed by atoms with Crippen molar-refractivity contribution in [1.82, 2.24) is 4.72 Å². The highest BCUT2D eigenvalue weighted by molar-refractivity contribution is 7.90. The van der Waals surface area contributed by atoms with Gasteiger partial charge in [0.25, 0.3) is 10.0 Å². The van der Waals surface area contributed by atoms with E-state index in [4.69, 9.17) is 27.9 Å². The van der Waals surface area contributed by atoms with Gasteiger partial charge < -0.3 is 4.74 Å². The van der Waals surface area contributed by atoms with Gasteiger partial charge in [-0.1, -0.05) is 65.2 Å². The van der Waals surface area contributed by atoms with Crippen LogP contribution in [0.4, 0.5) is 4.79 Å². The SMILES string of the molecule is Cc1ccc(S(=O)(=O)NC(=O)OC(c2ccc(Cl)cc2)c2ccc(Cl)cc2)cc1. The van der Waals surface area contributed by atoms with Gasteiger partial charge in [-0.3, -0.25) is 0 Å². The van der Waals surface area contributed by atoms with Gasteiger partial charge in [-0.05, 0) is 54.4 Å². The van der Waals surface area contributed by atoms with E-state index in [0.29, 0.717) is 21.2 Å². The Morgan fingerprint density at radius 3 is 1.72 bits per heavy atom. The summed E-state index contributed by atoms with van der Waals surface area (Å²) in [6.07, 6.45) is -1.95. The number of aryl methyl sites for hydroxylation is 1. The second-order valence-electron chi connectivity index (χ2n) is 6.31. The molecule has 0 aromatic heterocycles. The lowest BCUT2D eigenvalue weighted by molar-refractivity contribution is 0.122. The molecule has 3 aromatic carbocycles. The van der Waals surface area contributed by atoms with Crippen LogP contribution in [0.3, 0.4) is 0 Å². The van der Waals surface area contributed by atoms with Crippen LogP contribution in [-0.4, -0.2) is 14.5 Å². The quantitative estimate of drug-likeness (QED) is 0.557. The summed E-state index contributed by atoms with van der Waals surface area (Å²) in [5, 5.41) is 1.05. The summed E-state index contributed by atoms with van der Waals surface area (Å²) in [7, 11) is -4.07. The minimum Gasteiger partial charge on any atom is -0.436 e. The molecular weight excluding hydrogens is 433 g/mol. The van der Waals surface area contributed by atoms with Gasteiger partial charge in [0.1, 0.15) is 0 Å². The van der Waals surface area contributed by atoms with Crippen LogP contribution in [0.25, 0.3) is 0 Å². The van der Waals surface area contributed by atoms with Crippen LogP contribution in [-0.2, 0) is 14.8 Å². The lowest BCUT2D eigenvalue weighted by atomic mass is 10.0. The first-order chi connectivity index (χ1) is 13.7. The number of carbonyl (C=O) groups is 1. The van der Waals surface area contributed by atoms with Gasteiger partial charge in [0.15, 0.2) is 6.10 Å². The first-order valence-corrected chi connectivity index (χ1v) is 10.8. The lowest BCUT2D eigenvalue weighted by Gasteiger charge is -2.19. The lowest BCUT2D eigenvalue weighted by Crippen LogP contribution is -2.32. The molecule has 150 valence electrons. The molecule has 0 aliphatic heterocycles. The topological polar surface area (TPSA) is 72.5 Å². The molecule has 0 fully saturated rings. The first-order valence-electron chi connectivity index (χ1n) is 8.55. The number of rotatable bonds is 5. The minimum absolute atomic E-state index is 0.0328. The zero-order chi connectivity index (χ0) is 21.0. The fourth-order valence-corrected chi connectivity index (χ4v) is 3.75. The number of halogens is 2. The summed E-state index contributed by atoms with van der Waals surface area (Å²) >= 11 is 11.9. The Balaban J connectivity index is 1.85. The summed E-state index contributed by atoms with van der Waals surface area (Å²) < 4.78 is 32.3. The van der Waals surface area contributed by atoms with Gasteiger partial charge in [0, 0.05) is 10.0 Å². The Bertz CT molecular complexity index is 1050. The molecule has 0 unspecified atom stereocenters. The molecule has 0 spiro atoms. The number of benzene rings is 3. The van der Waals surface area contributed by atoms with Gasteiger partial charge in [-0.25, -0.2) is 17.9 Å². The van der Waals surface area contributed by atoms with Gasteiger partial charge in [0.2, 0.25) is 0 Å². The fraction of sp³-hybridized carbons (Fsp3) is 0.0952. The maximum absolute atomic E-state index is 12.5. The van der Waals surface area contributed by atoms with Crippen molar-refractivity contribution in [3.05, 3.63) is 99.5 Å². The van der Waals surface area contributed by atoms with Crippen molar-refractivity contribution in [2.45, 2.75) is 17.9 Å². The first kappa shape index (κ1) is 21.2. The largest absolute Gasteiger partial charge is 0.436 e. The predicted octanol–water partition coefficient (Wildman–Crippen LogP) is 5.51. The number of hydrogen-bond donors (Lipinski definition) is 1. The molecule has 0 bridgehead atoms. The molecule has 0 saturated heterocycles. The van der Waals surface area contributed by atoms with Crippen LogP contribution in [0.1, 0.15) is 22.8 Å². The van der Waals surface area contributed by atoms with E-state index in [9.17, 15) is 13.2 Å². The minimum atomic E-state index is -4.07. The molecule has 1 amide bonds. The molecule has 0 radical (unpaired) electrons. The van der Waals surface area contributed by atoms with E-state index in [1.807, 2.05) is 11.6 Å². The van der Waals surface area contributed by atoms with E-state index in [1.54, 1.807) is 60.7 Å². The molecular formula is C21H17Cl2NO4S. The van der Waals surface area contributed by atoms with Crippen molar-refractivity contribution >= 4 is 39.3 Å². The van der Waals surface area contributed by atoms with E-state index in [2.05, 4.69) is 0 Å². The van der Waals surface area contributed by atoms with Crippen LogP contribution in [0, 0.1) is 6.92 Å². The molecule has 0 saturated carbocycles. The molecule has 3 aromatic rings. The number of hydrogen-bond acceptors (Lipinski definition) is 4. The molecule has 0 atom stereocenters. The number of nitrogens with one attached hydrogen (secondary N) is 1. The maximum atomic E-state index is 12.5. The average molecular weight is 450 g/mol. The second-order valence-corrected chi connectivity index (χ2v) is 8.86. The van der Waals surface area contributed by atoms with Crippen LogP contribution in [0.5, 0.6) is 0 Å². The van der Waals surface area contributed by atoms with Gasteiger partial charge in [-0.2, -0.15) is 0 Å². The summed E-state index contributed by atoms with van der Waals surface area (Å²) in [6, 6.07) is 19.5. The molecule has 3 rings (SSSR count). The Labute approximate surface area is 179 Å². The highest BCUT2D eigenvalue weighted by atomic mass is 35.5. The molecule has 8 heteroatoms. The summed E-state index contributed by atoms with van der Waals surface area (Å²) in [5.41, 5.74) is 2.15. The Kier molecular flexibility index (Phi) is 6.47. The van der Waals surface area contributed by atoms with Crippen LogP contribution >= 0.6 is 23.2 Å². The maximum Gasteiger partial charge on any atom is 0.422 e. The van der Waals surface area contributed by atoms with Gasteiger partial charge in [0.05, 0.1) is 4.90 Å². The molecule has 0 aliphatic carbocycles. The Morgan fingerprint density at radius 1 is 0.828 bits per heavy atom. The average Bonchev–Trinajstić information content (AvgIpc) is 2.68. The van der Waals surface area contributed by atoms with Crippen molar-refractivity contribution in [3.63, 3.8) is 0 Å². The number of ether oxygens (including phenoxy) is 1. The van der Waals surface area contributed by atoms with Crippen LogP contribution in [0.2, 0.25) is 10.0 Å². The third-order valence-corrected chi connectivity index (χ3v) is 5.95. The fourth-order valence-electron chi connectivity index (χ4n) is 2.62. The van der Waals surface area contributed by atoms with E-state index in [-0.39, 0.29) is 4.90 Å². The normalized spacial score (nSPS) is 11.3. The van der Waals surface area contributed by atoms with Gasteiger partial charge in [-0.15, -0.1) is 0 Å². The van der Waals surface area contributed by atoms with E-state index in [0.717, 1.165) is 5.56 Å². The van der Waals surface area contributed by atoms with Gasteiger partial charge >= 0.3 is 6.09 Å². The zero-order valence-electron chi connectivity index (χ0n) is 15.3. The van der Waals surface area contributed by atoms with Crippen molar-refractivity contribution < 1.29 is 17.9 Å². The number of carbonyl (C=O) groups excluding carboxylic acids is 1. The molecule has 0 aliphatic rings. The van der Waals surface area contributed by atoms with E-state index >= 15 is 0 Å². The summed E-state index contributed by atoms with van der Waals surface area (Å²) in [6.45, 7) is 1.83.